The van der Waals surface area contributed by atoms with E-state index < -0.39 is 0 Å². The van der Waals surface area contributed by atoms with Crippen molar-refractivity contribution in [2.24, 2.45) is 5.92 Å². The van der Waals surface area contributed by atoms with Crippen LogP contribution in [-0.4, -0.2) is 18.1 Å². The number of rotatable bonds is 3. The van der Waals surface area contributed by atoms with Crippen LogP contribution in [0.5, 0.6) is 0 Å². The summed E-state index contributed by atoms with van der Waals surface area (Å²) >= 11 is 0. The largest absolute Gasteiger partial charge is 0.335 e. The van der Waals surface area contributed by atoms with E-state index in [0.29, 0.717) is 12.0 Å². The lowest BCUT2D eigenvalue weighted by molar-refractivity contribution is 0.238. The van der Waals surface area contributed by atoms with Gasteiger partial charge in [-0.2, -0.15) is 0 Å². The van der Waals surface area contributed by atoms with Gasteiger partial charge in [-0.1, -0.05) is 19.8 Å². The van der Waals surface area contributed by atoms with E-state index in [4.69, 9.17) is 6.42 Å². The second-order valence-electron chi connectivity index (χ2n) is 3.56. The molecule has 1 aliphatic carbocycles. The third-order valence-corrected chi connectivity index (χ3v) is 2.34. The Bertz CT molecular complexity index is 232. The summed E-state index contributed by atoms with van der Waals surface area (Å²) in [7, 11) is 0. The van der Waals surface area contributed by atoms with Gasteiger partial charge < -0.3 is 10.6 Å². The molecule has 0 aliphatic heterocycles. The van der Waals surface area contributed by atoms with E-state index in [-0.39, 0.29) is 12.1 Å². The van der Waals surface area contributed by atoms with Gasteiger partial charge in [-0.15, -0.1) is 6.42 Å². The normalized spacial score (nSPS) is 27.2. The van der Waals surface area contributed by atoms with Crippen LogP contribution in [0.3, 0.4) is 0 Å². The first-order chi connectivity index (χ1) is 6.17. The van der Waals surface area contributed by atoms with Crippen molar-refractivity contribution in [1.29, 1.82) is 0 Å². The van der Waals surface area contributed by atoms with Crippen LogP contribution in [0.4, 0.5) is 4.79 Å². The van der Waals surface area contributed by atoms with Crippen molar-refractivity contribution in [3.05, 3.63) is 0 Å². The minimum absolute atomic E-state index is 0.140. The number of carbonyl (C=O) groups excluding carboxylic acids is 1. The quantitative estimate of drug-likeness (QED) is 0.627. The molecule has 2 N–H and O–H groups in total. The molecule has 0 saturated heterocycles. The molecule has 1 rings (SSSR count). The molecule has 0 spiro atoms. The summed E-state index contributed by atoms with van der Waals surface area (Å²) in [5.41, 5.74) is 0. The number of amides is 2. The Morgan fingerprint density at radius 2 is 2.38 bits per heavy atom. The Hall–Kier alpha value is -1.17. The van der Waals surface area contributed by atoms with Crippen LogP contribution in [-0.2, 0) is 0 Å². The van der Waals surface area contributed by atoms with E-state index in [1.165, 1.54) is 0 Å². The molecule has 3 heteroatoms. The number of urea groups is 1. The zero-order chi connectivity index (χ0) is 9.84. The molecule has 0 aromatic rings. The van der Waals surface area contributed by atoms with Crippen molar-refractivity contribution in [3.63, 3.8) is 0 Å². The summed E-state index contributed by atoms with van der Waals surface area (Å²) in [6.45, 7) is 4.06. The standard InChI is InChI=1S/C10H16N2O/c1-4-8(5-2)11-10(13)12-9-6-7(9)3/h1,7-9H,5-6H2,2-3H3,(H2,11,12,13)/t7-,8?,9-/m1/s1. The lowest BCUT2D eigenvalue weighted by Gasteiger charge is -2.11. The highest BCUT2D eigenvalue weighted by molar-refractivity contribution is 5.75. The molecule has 0 aromatic heterocycles. The molecular formula is C10H16N2O. The van der Waals surface area contributed by atoms with Gasteiger partial charge in [0.1, 0.15) is 0 Å². The Morgan fingerprint density at radius 1 is 1.77 bits per heavy atom. The Balaban J connectivity index is 2.21. The second-order valence-corrected chi connectivity index (χ2v) is 3.56. The topological polar surface area (TPSA) is 41.1 Å². The first-order valence-corrected chi connectivity index (χ1v) is 4.70. The molecule has 3 atom stereocenters. The van der Waals surface area contributed by atoms with Gasteiger partial charge in [-0.3, -0.25) is 0 Å². The van der Waals surface area contributed by atoms with Crippen LogP contribution in [0.15, 0.2) is 0 Å². The van der Waals surface area contributed by atoms with Gasteiger partial charge in [-0.05, 0) is 18.8 Å². The monoisotopic (exact) mass is 180 g/mol. The Labute approximate surface area is 79.3 Å². The van der Waals surface area contributed by atoms with Gasteiger partial charge >= 0.3 is 6.03 Å². The van der Waals surface area contributed by atoms with E-state index >= 15 is 0 Å². The van der Waals surface area contributed by atoms with Crippen LogP contribution in [0.25, 0.3) is 0 Å². The highest BCUT2D eigenvalue weighted by atomic mass is 16.2. The van der Waals surface area contributed by atoms with Crippen molar-refractivity contribution >= 4 is 6.03 Å². The summed E-state index contributed by atoms with van der Waals surface area (Å²) in [6.07, 6.45) is 7.06. The van der Waals surface area contributed by atoms with Crippen molar-refractivity contribution in [1.82, 2.24) is 10.6 Å². The SMILES string of the molecule is C#CC(CC)NC(=O)N[C@@H]1C[C@H]1C. The van der Waals surface area contributed by atoms with Gasteiger partial charge in [0.05, 0.1) is 6.04 Å². The van der Waals surface area contributed by atoms with Crippen LogP contribution < -0.4 is 10.6 Å². The molecule has 1 saturated carbocycles. The number of nitrogens with one attached hydrogen (secondary N) is 2. The molecule has 1 unspecified atom stereocenters. The van der Waals surface area contributed by atoms with Crippen LogP contribution in [0, 0.1) is 18.3 Å². The number of hydrogen-bond acceptors (Lipinski definition) is 1. The van der Waals surface area contributed by atoms with Crippen molar-refractivity contribution in [3.8, 4) is 12.3 Å². The summed E-state index contributed by atoms with van der Waals surface area (Å²) in [4.78, 5) is 11.2. The molecule has 1 aliphatic rings. The van der Waals surface area contributed by atoms with E-state index in [1.807, 2.05) is 6.92 Å². The van der Waals surface area contributed by atoms with Crippen LogP contribution in [0.1, 0.15) is 26.7 Å². The molecule has 3 nitrogen and oxygen atoms in total. The average molecular weight is 180 g/mol. The van der Waals surface area contributed by atoms with E-state index in [2.05, 4.69) is 23.5 Å². The fourth-order valence-electron chi connectivity index (χ4n) is 1.15. The van der Waals surface area contributed by atoms with E-state index in [1.54, 1.807) is 0 Å². The van der Waals surface area contributed by atoms with Gasteiger partial charge in [-0.25, -0.2) is 4.79 Å². The van der Waals surface area contributed by atoms with E-state index in [9.17, 15) is 4.79 Å². The molecule has 0 heterocycles. The summed E-state index contributed by atoms with van der Waals surface area (Å²) in [6, 6.07) is 0.0727. The fraction of sp³-hybridized carbons (Fsp3) is 0.700. The molecule has 0 radical (unpaired) electrons. The maximum Gasteiger partial charge on any atom is 0.315 e. The third kappa shape index (κ3) is 2.98. The van der Waals surface area contributed by atoms with Crippen molar-refractivity contribution in [2.75, 3.05) is 0 Å². The molecular weight excluding hydrogens is 164 g/mol. The molecule has 0 bridgehead atoms. The molecule has 2 amide bonds. The maximum absolute atomic E-state index is 11.2. The van der Waals surface area contributed by atoms with Gasteiger partial charge in [0, 0.05) is 6.04 Å². The maximum atomic E-state index is 11.2. The minimum Gasteiger partial charge on any atom is -0.335 e. The summed E-state index contributed by atoms with van der Waals surface area (Å²) in [5, 5.41) is 5.58. The predicted octanol–water partition coefficient (Wildman–Crippen LogP) is 1.11. The average Bonchev–Trinajstić information content (AvgIpc) is 2.77. The van der Waals surface area contributed by atoms with E-state index in [0.717, 1.165) is 12.8 Å². The second kappa shape index (κ2) is 4.18. The van der Waals surface area contributed by atoms with Gasteiger partial charge in [0.25, 0.3) is 0 Å². The van der Waals surface area contributed by atoms with Crippen molar-refractivity contribution in [2.45, 2.75) is 38.8 Å². The predicted molar refractivity (Wildman–Crippen MR) is 52.1 cm³/mol. The molecule has 1 fully saturated rings. The third-order valence-electron chi connectivity index (χ3n) is 2.34. The lowest BCUT2D eigenvalue weighted by atomic mass is 10.2. The summed E-state index contributed by atoms with van der Waals surface area (Å²) in [5.74, 6) is 3.14. The zero-order valence-corrected chi connectivity index (χ0v) is 8.13. The Kier molecular flexibility index (Phi) is 3.18. The minimum atomic E-state index is -0.144. The number of carbonyl (C=O) groups is 1. The van der Waals surface area contributed by atoms with Gasteiger partial charge in [0.15, 0.2) is 0 Å². The van der Waals surface area contributed by atoms with Gasteiger partial charge in [0.2, 0.25) is 0 Å². The highest BCUT2D eigenvalue weighted by Gasteiger charge is 2.33. The smallest absolute Gasteiger partial charge is 0.315 e. The first-order valence-electron chi connectivity index (χ1n) is 4.70. The number of terminal acetylenes is 1. The zero-order valence-electron chi connectivity index (χ0n) is 8.13. The van der Waals surface area contributed by atoms with Crippen LogP contribution >= 0.6 is 0 Å². The lowest BCUT2D eigenvalue weighted by Crippen LogP contribution is -2.42. The summed E-state index contributed by atoms with van der Waals surface area (Å²) < 4.78 is 0. The first kappa shape index (κ1) is 9.91. The fourth-order valence-corrected chi connectivity index (χ4v) is 1.15. The van der Waals surface area contributed by atoms with Crippen LogP contribution in [0.2, 0.25) is 0 Å². The molecule has 72 valence electrons. The van der Waals surface area contributed by atoms with Crippen molar-refractivity contribution < 1.29 is 4.79 Å². The highest BCUT2D eigenvalue weighted by Crippen LogP contribution is 2.28. The Morgan fingerprint density at radius 3 is 2.77 bits per heavy atom. The number of hydrogen-bond donors (Lipinski definition) is 2. The molecule has 0 aromatic carbocycles. The molecule has 13 heavy (non-hydrogen) atoms.